The van der Waals surface area contributed by atoms with Gasteiger partial charge in [-0.2, -0.15) is 9.97 Å². The molecule has 0 bridgehead atoms. The fourth-order valence-corrected chi connectivity index (χ4v) is 9.44. The van der Waals surface area contributed by atoms with E-state index in [-0.39, 0.29) is 53.0 Å². The van der Waals surface area contributed by atoms with Crippen LogP contribution in [0.1, 0.15) is 58.4 Å². The van der Waals surface area contributed by atoms with E-state index in [0.717, 1.165) is 58.3 Å². The van der Waals surface area contributed by atoms with Crippen molar-refractivity contribution in [1.82, 2.24) is 24.8 Å². The summed E-state index contributed by atoms with van der Waals surface area (Å²) in [5.74, 6) is -0.281. The zero-order valence-electron chi connectivity index (χ0n) is 30.7. The first-order valence-corrected chi connectivity index (χ1v) is 18.9. The van der Waals surface area contributed by atoms with E-state index < -0.39 is 17.2 Å². The maximum Gasteiger partial charge on any atom is 0.319 e. The lowest BCUT2D eigenvalue weighted by Crippen LogP contribution is -2.58. The number of anilines is 1. The summed E-state index contributed by atoms with van der Waals surface area (Å²) in [4.78, 5) is 32.3. The van der Waals surface area contributed by atoms with Crippen molar-refractivity contribution >= 4 is 33.4 Å². The van der Waals surface area contributed by atoms with Crippen LogP contribution in [0.25, 0.3) is 32.9 Å². The maximum atomic E-state index is 17.1. The number of nitrogens with zero attached hydrogens (tertiary/aromatic N) is 6. The topological polar surface area (TPSA) is 124 Å². The molecular formula is C40H48F2N6O5. The summed E-state index contributed by atoms with van der Waals surface area (Å²) in [6.07, 6.45) is 7.08. The van der Waals surface area contributed by atoms with Crippen molar-refractivity contribution in [2.24, 2.45) is 11.3 Å². The number of ether oxygens (including phenoxy) is 2. The molecule has 0 unspecified atom stereocenters. The van der Waals surface area contributed by atoms with Crippen LogP contribution in [0.2, 0.25) is 0 Å². The molecule has 3 aliphatic heterocycles. The molecule has 4 aliphatic rings. The molecule has 3 saturated heterocycles. The van der Waals surface area contributed by atoms with Crippen LogP contribution in [0.5, 0.6) is 11.8 Å². The maximum absolute atomic E-state index is 17.1. The zero-order chi connectivity index (χ0) is 37.1. The molecule has 11 nitrogen and oxygen atoms in total. The van der Waals surface area contributed by atoms with Gasteiger partial charge in [-0.25, -0.2) is 8.78 Å². The monoisotopic (exact) mass is 730 g/mol. The smallest absolute Gasteiger partial charge is 0.319 e. The van der Waals surface area contributed by atoms with E-state index in [1.54, 1.807) is 19.9 Å². The summed E-state index contributed by atoms with van der Waals surface area (Å²) in [6, 6.07) is 6.23. The summed E-state index contributed by atoms with van der Waals surface area (Å²) in [5.41, 5.74) is -0.723. The van der Waals surface area contributed by atoms with Gasteiger partial charge in [0.25, 0.3) is 0 Å². The van der Waals surface area contributed by atoms with Crippen molar-refractivity contribution in [2.75, 3.05) is 64.0 Å². The summed E-state index contributed by atoms with van der Waals surface area (Å²) >= 11 is 0. The Kier molecular flexibility index (Phi) is 9.39. The standard InChI is InChI=1S/C40H48F2N6O5/c1-4-28-31(41)9-8-26-15-27(50)16-29(33(26)28)35-34(42)36-30(17-43-35)37(47-13-14-52-22-39(3,51)21-47)45-38(44-36)53-23-40-10-5-7-32(40)46(12-6-11-40)18-25-19-48(20-25)24(2)49/h8-9,15-17,25,32,50-51H,4-7,10-14,18-23H2,1-3H3/t32-,39+,40-/m1/s1. The number of aliphatic hydroxyl groups is 1. The molecular weight excluding hydrogens is 682 g/mol. The van der Waals surface area contributed by atoms with Crippen molar-refractivity contribution in [1.29, 1.82) is 0 Å². The quantitative estimate of drug-likeness (QED) is 0.241. The van der Waals surface area contributed by atoms with Gasteiger partial charge < -0.3 is 29.5 Å². The molecule has 282 valence electrons. The second kappa shape index (κ2) is 13.9. The second-order valence-corrected chi connectivity index (χ2v) is 15.9. The number of aromatic hydroxyl groups is 1. The predicted octanol–water partition coefficient (Wildman–Crippen LogP) is 5.47. The van der Waals surface area contributed by atoms with Gasteiger partial charge in [-0.15, -0.1) is 0 Å². The van der Waals surface area contributed by atoms with Gasteiger partial charge in [0.1, 0.15) is 34.2 Å². The van der Waals surface area contributed by atoms with E-state index in [4.69, 9.17) is 19.4 Å². The number of halogens is 2. The molecule has 2 N–H and O–H groups in total. The molecule has 3 atom stereocenters. The van der Waals surface area contributed by atoms with E-state index in [2.05, 4.69) is 9.88 Å². The van der Waals surface area contributed by atoms with Gasteiger partial charge in [0.05, 0.1) is 31.8 Å². The highest BCUT2D eigenvalue weighted by Gasteiger charge is 2.49. The third-order valence-electron chi connectivity index (χ3n) is 12.0. The van der Waals surface area contributed by atoms with Crippen molar-refractivity contribution in [3.8, 4) is 23.0 Å². The molecule has 2 aromatic heterocycles. The Balaban J connectivity index is 1.18. The number of carbonyl (C=O) groups excluding carboxylic acids is 1. The van der Waals surface area contributed by atoms with E-state index in [1.807, 2.05) is 16.7 Å². The Hall–Kier alpha value is -4.20. The minimum Gasteiger partial charge on any atom is -0.508 e. The van der Waals surface area contributed by atoms with Gasteiger partial charge in [0.2, 0.25) is 5.91 Å². The summed E-state index contributed by atoms with van der Waals surface area (Å²) in [7, 11) is 0. The van der Waals surface area contributed by atoms with Crippen molar-refractivity contribution in [3.05, 3.63) is 47.7 Å². The lowest BCUT2D eigenvalue weighted by atomic mass is 9.75. The van der Waals surface area contributed by atoms with Gasteiger partial charge in [-0.3, -0.25) is 14.7 Å². The third kappa shape index (κ3) is 6.65. The van der Waals surface area contributed by atoms with Gasteiger partial charge in [-0.05, 0) is 80.1 Å². The van der Waals surface area contributed by atoms with Crippen LogP contribution in [-0.4, -0.2) is 112 Å². The number of aryl methyl sites for hydroxylation is 1. The average molecular weight is 731 g/mol. The highest BCUT2D eigenvalue weighted by molar-refractivity contribution is 6.01. The number of fused-ring (bicyclic) bond motifs is 3. The fourth-order valence-electron chi connectivity index (χ4n) is 9.44. The van der Waals surface area contributed by atoms with E-state index in [0.29, 0.717) is 65.7 Å². The zero-order valence-corrected chi connectivity index (χ0v) is 30.7. The Morgan fingerprint density at radius 3 is 2.74 bits per heavy atom. The van der Waals surface area contributed by atoms with Crippen molar-refractivity contribution < 1.29 is 33.3 Å². The Labute approximate surface area is 307 Å². The number of hydrogen-bond acceptors (Lipinski definition) is 10. The number of aromatic nitrogens is 3. The third-order valence-corrected chi connectivity index (χ3v) is 12.0. The number of β-amino-alcohol motifs (C(OH)–C–C–N with tert-alkyl or cyclic N) is 1. The summed E-state index contributed by atoms with van der Waals surface area (Å²) < 4.78 is 44.4. The minimum absolute atomic E-state index is 0.0171. The number of piperidine rings is 1. The van der Waals surface area contributed by atoms with Gasteiger partial charge in [0.15, 0.2) is 5.82 Å². The van der Waals surface area contributed by atoms with Crippen LogP contribution < -0.4 is 9.64 Å². The van der Waals surface area contributed by atoms with Crippen LogP contribution in [0.3, 0.4) is 0 Å². The molecule has 4 fully saturated rings. The number of hydrogen-bond donors (Lipinski definition) is 2. The molecule has 5 heterocycles. The number of amides is 1. The normalized spacial score (nSPS) is 25.4. The van der Waals surface area contributed by atoms with Crippen molar-refractivity contribution in [3.63, 3.8) is 0 Å². The summed E-state index contributed by atoms with van der Waals surface area (Å²) in [5, 5.41) is 23.2. The van der Waals surface area contributed by atoms with Crippen LogP contribution in [0.4, 0.5) is 14.6 Å². The molecule has 2 aromatic carbocycles. The Morgan fingerprint density at radius 1 is 1.13 bits per heavy atom. The average Bonchev–Trinajstić information content (AvgIpc) is 3.46. The molecule has 0 radical (unpaired) electrons. The second-order valence-electron chi connectivity index (χ2n) is 15.9. The van der Waals surface area contributed by atoms with E-state index in [9.17, 15) is 15.0 Å². The lowest BCUT2D eigenvalue weighted by molar-refractivity contribution is -0.136. The molecule has 53 heavy (non-hydrogen) atoms. The van der Waals surface area contributed by atoms with Crippen molar-refractivity contribution in [2.45, 2.75) is 70.9 Å². The lowest BCUT2D eigenvalue weighted by Gasteiger charge is -2.49. The molecule has 1 saturated carbocycles. The van der Waals surface area contributed by atoms with Crippen LogP contribution >= 0.6 is 0 Å². The number of likely N-dealkylation sites (tertiary alicyclic amines) is 2. The Morgan fingerprint density at radius 2 is 1.94 bits per heavy atom. The first-order chi connectivity index (χ1) is 25.4. The highest BCUT2D eigenvalue weighted by Crippen LogP contribution is 2.48. The van der Waals surface area contributed by atoms with Crippen LogP contribution in [-0.2, 0) is 16.0 Å². The molecule has 4 aromatic rings. The van der Waals surface area contributed by atoms with Crippen LogP contribution in [0, 0.1) is 23.0 Å². The number of pyridine rings is 1. The number of phenols is 1. The Bertz CT molecular complexity index is 2060. The fraction of sp³-hybridized carbons (Fsp3) is 0.550. The number of carbonyl (C=O) groups is 1. The van der Waals surface area contributed by atoms with E-state index >= 15 is 8.78 Å². The largest absolute Gasteiger partial charge is 0.508 e. The molecule has 13 heteroatoms. The number of phenolic OH excluding ortho intramolecular Hbond substituents is 1. The summed E-state index contributed by atoms with van der Waals surface area (Å²) in [6.45, 7) is 10.2. The highest BCUT2D eigenvalue weighted by atomic mass is 19.1. The first-order valence-electron chi connectivity index (χ1n) is 18.9. The van der Waals surface area contributed by atoms with Gasteiger partial charge in [-0.1, -0.05) is 19.4 Å². The molecule has 0 spiro atoms. The van der Waals surface area contributed by atoms with Crippen LogP contribution in [0.15, 0.2) is 30.5 Å². The minimum atomic E-state index is -1.19. The molecule has 1 aliphatic carbocycles. The van der Waals surface area contributed by atoms with Gasteiger partial charge >= 0.3 is 6.01 Å². The molecule has 1 amide bonds. The van der Waals surface area contributed by atoms with Gasteiger partial charge in [0, 0.05) is 62.2 Å². The number of rotatable bonds is 8. The number of benzene rings is 2. The predicted molar refractivity (Wildman–Crippen MR) is 197 cm³/mol. The molecule has 8 rings (SSSR count). The SMILES string of the molecule is CCc1c(F)ccc2cc(O)cc(-c3ncc4c(N5CCOC[C@@](C)(O)C5)nc(OC[C@]56CCC[C@H]5N(CC5CN(C(C)=O)C5)CCC6)nc4c3F)c12. The van der Waals surface area contributed by atoms with E-state index in [1.165, 1.54) is 24.4 Å². The first kappa shape index (κ1) is 35.8.